The summed E-state index contributed by atoms with van der Waals surface area (Å²) in [6.45, 7) is 1.23. The van der Waals surface area contributed by atoms with Gasteiger partial charge in [-0.2, -0.15) is 0 Å². The highest BCUT2D eigenvalue weighted by atomic mass is 32.1. The number of esters is 1. The van der Waals surface area contributed by atoms with Crippen LogP contribution in [0.25, 0.3) is 10.9 Å². The van der Waals surface area contributed by atoms with Crippen LogP contribution in [-0.4, -0.2) is 260 Å². The van der Waals surface area contributed by atoms with E-state index < -0.39 is 261 Å². The number of aliphatic carboxylic acids is 4. The van der Waals surface area contributed by atoms with Crippen molar-refractivity contribution in [2.75, 3.05) is 39.0 Å². The molecule has 0 spiro atoms. The van der Waals surface area contributed by atoms with Crippen molar-refractivity contribution in [2.24, 2.45) is 11.7 Å². The Kier molecular flexibility index (Phi) is 41.2. The number of anilines is 1. The number of para-hydroxylation sites is 2. The summed E-state index contributed by atoms with van der Waals surface area (Å²) < 4.78 is 5.71. The van der Waals surface area contributed by atoms with Gasteiger partial charge in [-0.3, -0.25) is 91.1 Å². The number of ketones is 1. The number of unbranched alkanes of at least 4 members (excludes halogenated alkanes) is 6. The van der Waals surface area contributed by atoms with E-state index in [0.29, 0.717) is 29.3 Å². The summed E-state index contributed by atoms with van der Waals surface area (Å²) >= 11 is 5.12. The van der Waals surface area contributed by atoms with Crippen molar-refractivity contribution >= 4 is 152 Å². The van der Waals surface area contributed by atoms with Crippen LogP contribution in [0, 0.1) is 5.92 Å². The van der Waals surface area contributed by atoms with Crippen molar-refractivity contribution in [2.45, 2.75) is 209 Å². The molecule has 652 valence electrons. The van der Waals surface area contributed by atoms with Gasteiger partial charge >= 0.3 is 29.8 Å². The molecule has 4 rings (SSSR count). The number of carbonyl (C=O) groups excluding carboxylic acids is 16. The topological polar surface area (TPSA) is 700 Å². The lowest BCUT2D eigenvalue weighted by molar-refractivity contribution is -0.156. The number of carboxylic acids is 4. The second-order valence-electron chi connectivity index (χ2n) is 28.0. The van der Waals surface area contributed by atoms with E-state index in [2.05, 4.69) is 75.7 Å². The fourth-order valence-corrected chi connectivity index (χ4v) is 12.1. The van der Waals surface area contributed by atoms with Crippen molar-refractivity contribution in [1.82, 2.24) is 84.7 Å². The number of cyclic esters (lactones) is 1. The van der Waals surface area contributed by atoms with Gasteiger partial charge in [-0.25, -0.2) is 4.79 Å². The first kappa shape index (κ1) is 98.4. The van der Waals surface area contributed by atoms with Crippen LogP contribution in [0.15, 0.2) is 54.7 Å². The number of carboxylic acid groups (broad SMARTS) is 4. The monoisotopic (exact) mass is 1690 g/mol. The Labute approximate surface area is 686 Å². The van der Waals surface area contributed by atoms with Gasteiger partial charge in [0.15, 0.2) is 10.9 Å². The Morgan fingerprint density at radius 1 is 0.571 bits per heavy atom. The lowest BCUT2D eigenvalue weighted by Crippen LogP contribution is -2.62. The summed E-state index contributed by atoms with van der Waals surface area (Å²) in [7, 11) is 1.46. The Morgan fingerprint density at radius 2 is 1.12 bits per heavy atom. The zero-order valence-electron chi connectivity index (χ0n) is 65.9. The van der Waals surface area contributed by atoms with Crippen LogP contribution in [0.3, 0.4) is 0 Å². The number of aromatic nitrogens is 1. The zero-order valence-corrected chi connectivity index (χ0v) is 66.7. The minimum Gasteiger partial charge on any atom is -0.481 e. The predicted molar refractivity (Wildman–Crippen MR) is 421 cm³/mol. The Morgan fingerprint density at radius 3 is 1.72 bits per heavy atom. The summed E-state index contributed by atoms with van der Waals surface area (Å²) in [5.74, 6) is -29.8. The summed E-state index contributed by atoms with van der Waals surface area (Å²) in [5, 5.41) is 84.6. The molecule has 0 aliphatic carbocycles. The van der Waals surface area contributed by atoms with Gasteiger partial charge in [0.1, 0.15) is 72.6 Å². The summed E-state index contributed by atoms with van der Waals surface area (Å²) in [6, 6.07) is -10.7. The maximum atomic E-state index is 14.9. The Hall–Kier alpha value is -13.0. The standard InChI is InChI=1S/C74H104N18O26S/c1-6-7-8-9-10-11-12-23-54(96)84-45(26-39-32-79-43-21-16-14-18-40(39)43)67(111)87-46(28-53(76)95)68(112)89-49(31-60(105)106)69(113)92-62-38(4)118-73(117)50(27-52(94)41-19-13-15-20-42(41)75)90-72(116)61(36(2)25-57(99)100)91-70(114)51(35-93)85-56(98)33-80-64(108)47(29-58(101)102)86-63(107)37(3)82-66(110)48(30-59(103)104)88-65(109)44(22-17-24-78-74(119)77-5)83-55(97)34-81-71(62)115/h13-16,18-21,32,36-38,44-51,61-62,79,93H,6-12,17,22-31,33-35,75H2,1-5H3,(H2,76,95)(H,80,108)(H,81,115)(H,82,110)(H,83,97)(H,84,96)(H,85,98)(H,86,107)(H,87,111)(H,88,109)(H,89,112)(H,90,116)(H,91,114)(H,92,113)(H,99,100)(H,101,102)(H,103,104)(H,105,106)(H2,77,78,119). The molecule has 1 aliphatic rings. The fraction of sp³-hybridized carbons (Fsp3) is 0.527. The van der Waals surface area contributed by atoms with Crippen LogP contribution in [0.1, 0.15) is 146 Å². The van der Waals surface area contributed by atoms with Gasteiger partial charge < -0.3 is 126 Å². The molecule has 0 saturated carbocycles. The van der Waals surface area contributed by atoms with Crippen LogP contribution in [0.4, 0.5) is 5.69 Å². The van der Waals surface area contributed by atoms with Crippen LogP contribution in [0.2, 0.25) is 0 Å². The largest absolute Gasteiger partial charge is 0.481 e. The van der Waals surface area contributed by atoms with E-state index in [0.717, 1.165) is 52.9 Å². The molecule has 13 atom stereocenters. The number of H-pyrrole nitrogens is 1. The summed E-state index contributed by atoms with van der Waals surface area (Å²) in [5.41, 5.74) is 12.4. The summed E-state index contributed by atoms with van der Waals surface area (Å²) in [4.78, 5) is 278. The van der Waals surface area contributed by atoms with Gasteiger partial charge in [0, 0.05) is 61.2 Å². The van der Waals surface area contributed by atoms with Crippen molar-refractivity contribution < 1.29 is 126 Å². The normalized spacial score (nSPS) is 20.8. The Bertz CT molecular complexity index is 4200. The molecule has 1 saturated heterocycles. The molecule has 25 N–H and O–H groups in total. The number of primary amides is 1. The molecular formula is C74H104N18O26S. The van der Waals surface area contributed by atoms with Crippen molar-refractivity contribution in [3.8, 4) is 0 Å². The number of nitrogens with two attached hydrogens (primary N) is 2. The third kappa shape index (κ3) is 34.4. The molecule has 1 fully saturated rings. The van der Waals surface area contributed by atoms with Gasteiger partial charge in [-0.15, -0.1) is 0 Å². The number of carbonyl (C=O) groups is 20. The molecule has 0 bridgehead atoms. The maximum Gasteiger partial charge on any atom is 0.329 e. The smallest absolute Gasteiger partial charge is 0.329 e. The SMILES string of the molecule is CCCCCCCCCC(=O)NC(Cc1c[nH]c2ccccc12)C(=O)NC(CC(N)=O)C(=O)NC(CC(=O)O)C(=O)NC1C(=O)NCC(=O)NC(CCCNC(=S)NC)C(=O)NC(CC(=O)O)C(=O)NC(C)C(=O)NC(CC(=O)O)C(=O)NCC(=O)NC(CO)C(=O)NC(C(C)CC(=O)O)C(=O)NC(CC(=O)c2ccccc2N)C(=O)OC1C. The molecule has 13 unspecified atom stereocenters. The average molecular weight is 1690 g/mol. The lowest BCUT2D eigenvalue weighted by atomic mass is 9.96. The molecule has 2 heterocycles. The number of hydrogen-bond donors (Lipinski definition) is 23. The van der Waals surface area contributed by atoms with E-state index in [1.54, 1.807) is 30.5 Å². The highest BCUT2D eigenvalue weighted by Gasteiger charge is 2.41. The van der Waals surface area contributed by atoms with E-state index in [-0.39, 0.29) is 42.2 Å². The molecule has 2 aromatic carbocycles. The molecule has 1 aliphatic heterocycles. The second-order valence-corrected chi connectivity index (χ2v) is 28.4. The molecule has 1 aromatic heterocycles. The van der Waals surface area contributed by atoms with Crippen molar-refractivity contribution in [3.05, 3.63) is 65.9 Å². The second kappa shape index (κ2) is 49.8. The van der Waals surface area contributed by atoms with Crippen LogP contribution < -0.4 is 91.2 Å². The first-order valence-electron chi connectivity index (χ1n) is 38.0. The first-order valence-corrected chi connectivity index (χ1v) is 38.4. The quantitative estimate of drug-likeness (QED) is 0.00849. The minimum atomic E-state index is -2.46. The van der Waals surface area contributed by atoms with Crippen LogP contribution in [-0.2, 0) is 102 Å². The zero-order chi connectivity index (χ0) is 88.8. The average Bonchev–Trinajstić information content (AvgIpc) is 1.75. The fourth-order valence-electron chi connectivity index (χ4n) is 12.0. The van der Waals surface area contributed by atoms with E-state index in [9.17, 15) is 121 Å². The summed E-state index contributed by atoms with van der Waals surface area (Å²) in [6.07, 6.45) is -2.41. The number of thiocarbonyl (C=S) groups is 1. The lowest BCUT2D eigenvalue weighted by Gasteiger charge is -2.30. The number of benzene rings is 2. The van der Waals surface area contributed by atoms with E-state index in [1.807, 2.05) is 16.0 Å². The van der Waals surface area contributed by atoms with Crippen LogP contribution in [0.5, 0.6) is 0 Å². The number of hydrogen-bond acceptors (Lipinski definition) is 24. The minimum absolute atomic E-state index is 0.0219. The number of fused-ring (bicyclic) bond motifs is 1. The van der Waals surface area contributed by atoms with Crippen molar-refractivity contribution in [3.63, 3.8) is 0 Å². The van der Waals surface area contributed by atoms with Gasteiger partial charge in [-0.05, 0) is 75.0 Å². The highest BCUT2D eigenvalue weighted by Crippen LogP contribution is 2.22. The number of ether oxygens (including phenoxy) is 1. The molecular weight excluding hydrogens is 1590 g/mol. The number of aromatic amines is 1. The molecule has 14 amide bonds. The number of nitrogen functional groups attached to an aromatic ring is 1. The highest BCUT2D eigenvalue weighted by molar-refractivity contribution is 7.80. The number of aliphatic hydroxyl groups excluding tert-OH is 1. The molecule has 119 heavy (non-hydrogen) atoms. The number of Topliss-reactive ketones (excluding diaryl/α,β-unsaturated/α-hetero) is 1. The molecule has 0 radical (unpaired) electrons. The first-order chi connectivity index (χ1) is 56.2. The molecule has 3 aromatic rings. The number of amides is 14. The Balaban J connectivity index is 1.90. The van der Waals surface area contributed by atoms with Gasteiger partial charge in [0.05, 0.1) is 51.8 Å². The number of aliphatic hydroxyl groups is 1. The van der Waals surface area contributed by atoms with Crippen LogP contribution >= 0.6 is 12.2 Å². The van der Waals surface area contributed by atoms with E-state index >= 15 is 0 Å². The van der Waals surface area contributed by atoms with E-state index in [1.165, 1.54) is 31.3 Å². The third-order valence-electron chi connectivity index (χ3n) is 18.3. The van der Waals surface area contributed by atoms with Gasteiger partial charge in [0.2, 0.25) is 82.7 Å². The van der Waals surface area contributed by atoms with Gasteiger partial charge in [0.25, 0.3) is 0 Å². The van der Waals surface area contributed by atoms with Crippen molar-refractivity contribution in [1.29, 1.82) is 0 Å². The number of nitrogens with one attached hydrogen (secondary N) is 16. The number of rotatable bonds is 36. The molecule has 44 nitrogen and oxygen atoms in total. The predicted octanol–water partition coefficient (Wildman–Crippen LogP) is -5.49. The third-order valence-corrected chi connectivity index (χ3v) is 18.7. The van der Waals surface area contributed by atoms with E-state index in [4.69, 9.17) is 28.4 Å². The molecule has 45 heteroatoms. The maximum absolute atomic E-state index is 14.9. The van der Waals surface area contributed by atoms with Gasteiger partial charge in [-0.1, -0.05) is 82.7 Å².